The summed E-state index contributed by atoms with van der Waals surface area (Å²) in [6.07, 6.45) is 1.66. The number of piperazine rings is 1. The number of carboxylic acid groups (broad SMARTS) is 1. The van der Waals surface area contributed by atoms with E-state index in [4.69, 9.17) is 4.52 Å². The zero-order valence-corrected chi connectivity index (χ0v) is 12.4. The molecule has 0 amide bonds. The molecule has 0 saturated carbocycles. The van der Waals surface area contributed by atoms with Crippen molar-refractivity contribution in [3.63, 3.8) is 0 Å². The van der Waals surface area contributed by atoms with Crippen LogP contribution in [0.5, 0.6) is 0 Å². The molecule has 1 N–H and O–H groups in total. The van der Waals surface area contributed by atoms with E-state index in [2.05, 4.69) is 15.1 Å². The average molecular weight is 303 g/mol. The van der Waals surface area contributed by atoms with Crippen molar-refractivity contribution in [3.8, 4) is 11.5 Å². The number of likely N-dealkylation sites (N-methyl/N-ethyl adjacent to an activating group) is 1. The molecule has 1 fully saturated rings. The zero-order valence-electron chi connectivity index (χ0n) is 12.4. The Bertz CT molecular complexity index is 687. The molecule has 1 atom stereocenters. The van der Waals surface area contributed by atoms with Gasteiger partial charge in [-0.1, -0.05) is 5.16 Å². The lowest BCUT2D eigenvalue weighted by molar-refractivity contribution is -0.142. The number of aryl methyl sites for hydroxylation is 1. The maximum atomic E-state index is 11.3. The van der Waals surface area contributed by atoms with Crippen LogP contribution in [0.15, 0.2) is 22.9 Å². The minimum absolute atomic E-state index is 0.394. The van der Waals surface area contributed by atoms with Gasteiger partial charge in [0.15, 0.2) is 5.82 Å². The molecule has 2 aromatic rings. The highest BCUT2D eigenvalue weighted by Gasteiger charge is 2.30. The third-order valence-electron chi connectivity index (χ3n) is 3.78. The van der Waals surface area contributed by atoms with Gasteiger partial charge in [-0.05, 0) is 26.1 Å². The van der Waals surface area contributed by atoms with E-state index in [1.54, 1.807) is 19.2 Å². The number of hydrogen-bond donors (Lipinski definition) is 1. The number of rotatable bonds is 3. The molecule has 0 radical (unpaired) electrons. The Hall–Kier alpha value is -2.48. The van der Waals surface area contributed by atoms with Crippen molar-refractivity contribution in [2.75, 3.05) is 31.6 Å². The van der Waals surface area contributed by atoms with Crippen LogP contribution in [0.3, 0.4) is 0 Å². The molecule has 1 aliphatic rings. The van der Waals surface area contributed by atoms with Gasteiger partial charge in [0.25, 0.3) is 5.89 Å². The van der Waals surface area contributed by atoms with Gasteiger partial charge in [0.1, 0.15) is 11.9 Å². The largest absolute Gasteiger partial charge is 0.480 e. The first-order chi connectivity index (χ1) is 10.5. The molecule has 1 aliphatic heterocycles. The highest BCUT2D eigenvalue weighted by Crippen LogP contribution is 2.23. The number of nitrogens with zero attached hydrogens (tertiary/aromatic N) is 5. The van der Waals surface area contributed by atoms with E-state index in [0.717, 1.165) is 12.1 Å². The average Bonchev–Trinajstić information content (AvgIpc) is 2.94. The van der Waals surface area contributed by atoms with Gasteiger partial charge in [0.05, 0.1) is 0 Å². The van der Waals surface area contributed by atoms with Gasteiger partial charge >= 0.3 is 5.97 Å². The molecule has 0 aromatic carbocycles. The fraction of sp³-hybridized carbons (Fsp3) is 0.429. The molecule has 2 aromatic heterocycles. The normalized spacial score (nSPS) is 19.4. The summed E-state index contributed by atoms with van der Waals surface area (Å²) >= 11 is 0. The van der Waals surface area contributed by atoms with Crippen LogP contribution >= 0.6 is 0 Å². The molecule has 22 heavy (non-hydrogen) atoms. The maximum absolute atomic E-state index is 11.3. The molecule has 0 aliphatic carbocycles. The second-order valence-electron chi connectivity index (χ2n) is 5.33. The summed E-state index contributed by atoms with van der Waals surface area (Å²) in [6, 6.07) is 3.10. The molecule has 8 nitrogen and oxygen atoms in total. The van der Waals surface area contributed by atoms with Crippen LogP contribution in [0.1, 0.15) is 5.82 Å². The monoisotopic (exact) mass is 303 g/mol. The number of pyridine rings is 1. The predicted octanol–water partition coefficient (Wildman–Crippen LogP) is 0.645. The highest BCUT2D eigenvalue weighted by atomic mass is 16.5. The van der Waals surface area contributed by atoms with Gasteiger partial charge in [-0.25, -0.2) is 4.98 Å². The molecular weight excluding hydrogens is 286 g/mol. The van der Waals surface area contributed by atoms with Gasteiger partial charge in [-0.2, -0.15) is 4.98 Å². The lowest BCUT2D eigenvalue weighted by Crippen LogP contribution is -2.55. The van der Waals surface area contributed by atoms with Gasteiger partial charge in [-0.3, -0.25) is 9.69 Å². The maximum Gasteiger partial charge on any atom is 0.322 e. The van der Waals surface area contributed by atoms with Crippen molar-refractivity contribution in [2.45, 2.75) is 13.0 Å². The van der Waals surface area contributed by atoms with E-state index in [0.29, 0.717) is 30.6 Å². The molecule has 1 saturated heterocycles. The van der Waals surface area contributed by atoms with Crippen LogP contribution in [0.2, 0.25) is 0 Å². The fourth-order valence-corrected chi connectivity index (χ4v) is 2.49. The van der Waals surface area contributed by atoms with Crippen LogP contribution in [0, 0.1) is 6.92 Å². The fourth-order valence-electron chi connectivity index (χ4n) is 2.49. The van der Waals surface area contributed by atoms with E-state index in [1.165, 1.54) is 0 Å². The summed E-state index contributed by atoms with van der Waals surface area (Å²) in [7, 11) is 1.82. The smallest absolute Gasteiger partial charge is 0.322 e. The predicted molar refractivity (Wildman–Crippen MR) is 78.5 cm³/mol. The Morgan fingerprint density at radius 1 is 1.45 bits per heavy atom. The quantitative estimate of drug-likeness (QED) is 0.883. The minimum Gasteiger partial charge on any atom is -0.480 e. The standard InChI is InChI=1S/C14H17N5O3/c1-9-16-13(22-17-9)10-3-4-15-12(7-10)19-6-5-18(2)11(8-19)14(20)21/h3-4,7,11H,5-6,8H2,1-2H3,(H,20,21). The lowest BCUT2D eigenvalue weighted by Gasteiger charge is -2.37. The van der Waals surface area contributed by atoms with Crippen molar-refractivity contribution in [2.24, 2.45) is 0 Å². The number of hydrogen-bond acceptors (Lipinski definition) is 7. The van der Waals surface area contributed by atoms with Gasteiger partial charge in [0, 0.05) is 31.4 Å². The van der Waals surface area contributed by atoms with Crippen LogP contribution in [0.4, 0.5) is 5.82 Å². The third kappa shape index (κ3) is 2.77. The van der Waals surface area contributed by atoms with E-state index in [1.807, 2.05) is 22.9 Å². The van der Waals surface area contributed by atoms with Crippen molar-refractivity contribution >= 4 is 11.8 Å². The first-order valence-corrected chi connectivity index (χ1v) is 6.99. The lowest BCUT2D eigenvalue weighted by atomic mass is 10.1. The van der Waals surface area contributed by atoms with E-state index >= 15 is 0 Å². The number of carbonyl (C=O) groups is 1. The van der Waals surface area contributed by atoms with E-state index in [-0.39, 0.29) is 0 Å². The zero-order chi connectivity index (χ0) is 15.7. The number of anilines is 1. The Kier molecular flexibility index (Phi) is 3.76. The number of aliphatic carboxylic acids is 1. The SMILES string of the molecule is Cc1noc(-c2ccnc(N3CCN(C)C(C(=O)O)C3)c2)n1. The van der Waals surface area contributed by atoms with E-state index < -0.39 is 12.0 Å². The summed E-state index contributed by atoms with van der Waals surface area (Å²) in [5.41, 5.74) is 0.774. The topological polar surface area (TPSA) is 95.6 Å². The highest BCUT2D eigenvalue weighted by molar-refractivity contribution is 5.75. The van der Waals surface area contributed by atoms with Crippen LogP contribution in [-0.4, -0.2) is 63.8 Å². The van der Waals surface area contributed by atoms with Crippen molar-refractivity contribution in [1.29, 1.82) is 0 Å². The van der Waals surface area contributed by atoms with Crippen LogP contribution in [-0.2, 0) is 4.79 Å². The third-order valence-corrected chi connectivity index (χ3v) is 3.78. The Morgan fingerprint density at radius 2 is 2.27 bits per heavy atom. The molecule has 3 rings (SSSR count). The Morgan fingerprint density at radius 3 is 2.95 bits per heavy atom. The minimum atomic E-state index is -0.823. The summed E-state index contributed by atoms with van der Waals surface area (Å²) in [5.74, 6) is 0.896. The van der Waals surface area contributed by atoms with Crippen molar-refractivity contribution < 1.29 is 14.4 Å². The molecule has 0 spiro atoms. The molecular formula is C14H17N5O3. The summed E-state index contributed by atoms with van der Waals surface area (Å²) in [4.78, 5) is 23.6. The second-order valence-corrected chi connectivity index (χ2v) is 5.33. The van der Waals surface area contributed by atoms with Crippen LogP contribution < -0.4 is 4.90 Å². The van der Waals surface area contributed by atoms with Crippen molar-refractivity contribution in [1.82, 2.24) is 20.0 Å². The van der Waals surface area contributed by atoms with Gasteiger partial charge in [0.2, 0.25) is 0 Å². The summed E-state index contributed by atoms with van der Waals surface area (Å²) in [6.45, 7) is 3.54. The number of aromatic nitrogens is 3. The van der Waals surface area contributed by atoms with Gasteiger partial charge in [-0.15, -0.1) is 0 Å². The second kappa shape index (κ2) is 5.72. The molecule has 8 heteroatoms. The Labute approximate surface area is 127 Å². The first-order valence-electron chi connectivity index (χ1n) is 6.99. The summed E-state index contributed by atoms with van der Waals surface area (Å²) in [5, 5.41) is 13.1. The van der Waals surface area contributed by atoms with E-state index in [9.17, 15) is 9.90 Å². The van der Waals surface area contributed by atoms with Gasteiger partial charge < -0.3 is 14.5 Å². The molecule has 116 valence electrons. The van der Waals surface area contributed by atoms with Crippen molar-refractivity contribution in [3.05, 3.63) is 24.2 Å². The number of carboxylic acids is 1. The molecule has 0 bridgehead atoms. The summed E-state index contributed by atoms with van der Waals surface area (Å²) < 4.78 is 5.16. The first kappa shape index (κ1) is 14.5. The molecule has 1 unspecified atom stereocenters. The molecule has 3 heterocycles. The van der Waals surface area contributed by atoms with Crippen LogP contribution in [0.25, 0.3) is 11.5 Å². The Balaban J connectivity index is 1.84.